The molecule has 0 spiro atoms. The number of allylic oxidation sites excluding steroid dienone is 2. The van der Waals surface area contributed by atoms with Gasteiger partial charge < -0.3 is 0 Å². The predicted molar refractivity (Wildman–Crippen MR) is 125 cm³/mol. The van der Waals surface area contributed by atoms with E-state index in [-0.39, 0.29) is 5.91 Å². The number of amides is 1. The number of hydrazone groups is 1. The van der Waals surface area contributed by atoms with E-state index in [1.54, 1.807) is 24.5 Å². The monoisotopic (exact) mass is 419 g/mol. The summed E-state index contributed by atoms with van der Waals surface area (Å²) in [4.78, 5) is 16.4. The molecule has 0 unspecified atom stereocenters. The standard InChI is InChI=1S/C27H37N3O/c1-18(29-30-25(31)19-12-16-28-17-13-19)22-9-10-23-21-8-7-20-6-4-5-14-26(20,2)24(21)11-15-27(22,23)3/h4-5,12-13,16-17,20-24H,6-11,14-15H2,1-3H3,(H,30,31)/b29-18+/t20-,21+,22-,23+,24+,26+,27-/m1/s1. The number of hydrogen-bond acceptors (Lipinski definition) is 3. The highest BCUT2D eigenvalue weighted by molar-refractivity contribution is 5.95. The fourth-order valence-corrected chi connectivity index (χ4v) is 8.31. The number of aromatic nitrogens is 1. The molecule has 0 aliphatic heterocycles. The first-order chi connectivity index (χ1) is 14.9. The van der Waals surface area contributed by atoms with Gasteiger partial charge in [0, 0.05) is 29.6 Å². The van der Waals surface area contributed by atoms with Gasteiger partial charge in [-0.05, 0) is 105 Å². The fourth-order valence-electron chi connectivity index (χ4n) is 8.31. The lowest BCUT2D eigenvalue weighted by Gasteiger charge is -2.59. The van der Waals surface area contributed by atoms with Crippen molar-refractivity contribution < 1.29 is 4.79 Å². The summed E-state index contributed by atoms with van der Waals surface area (Å²) >= 11 is 0. The fraction of sp³-hybridized carbons (Fsp3) is 0.667. The Morgan fingerprint density at radius 1 is 1.03 bits per heavy atom. The highest BCUT2D eigenvalue weighted by Crippen LogP contribution is 2.67. The van der Waals surface area contributed by atoms with Crippen LogP contribution in [0.15, 0.2) is 41.8 Å². The van der Waals surface area contributed by atoms with E-state index in [1.807, 2.05) is 0 Å². The molecule has 3 saturated carbocycles. The van der Waals surface area contributed by atoms with Crippen LogP contribution in [0, 0.1) is 40.4 Å². The molecule has 3 fully saturated rings. The summed E-state index contributed by atoms with van der Waals surface area (Å²) in [5, 5.41) is 4.59. The van der Waals surface area contributed by atoms with E-state index in [0.717, 1.165) is 29.4 Å². The maximum absolute atomic E-state index is 12.4. The van der Waals surface area contributed by atoms with Gasteiger partial charge in [0.2, 0.25) is 0 Å². The molecule has 1 aromatic rings. The van der Waals surface area contributed by atoms with Crippen molar-refractivity contribution in [3.8, 4) is 0 Å². The van der Waals surface area contributed by atoms with Crippen LogP contribution in [0.5, 0.6) is 0 Å². The number of nitrogens with one attached hydrogen (secondary N) is 1. The third kappa shape index (κ3) is 3.37. The van der Waals surface area contributed by atoms with Gasteiger partial charge in [-0.3, -0.25) is 9.78 Å². The molecule has 1 amide bonds. The first kappa shape index (κ1) is 20.9. The normalized spacial score (nSPS) is 41.8. The van der Waals surface area contributed by atoms with Crippen molar-refractivity contribution in [2.24, 2.45) is 45.5 Å². The number of fused-ring (bicyclic) bond motifs is 5. The second kappa shape index (κ2) is 7.86. The first-order valence-electron chi connectivity index (χ1n) is 12.3. The van der Waals surface area contributed by atoms with Crippen LogP contribution in [0.1, 0.15) is 82.5 Å². The Morgan fingerprint density at radius 2 is 1.81 bits per heavy atom. The van der Waals surface area contributed by atoms with Crippen molar-refractivity contribution in [2.45, 2.75) is 72.1 Å². The smallest absolute Gasteiger partial charge is 0.267 e. The minimum Gasteiger partial charge on any atom is -0.267 e. The SMILES string of the molecule is C/C(=N\NC(=O)c1ccncc1)[C@H]1CC[C@H]2[C@@H]3CC[C@H]4CC=CC[C@]4(C)[C@H]3CC[C@]12C. The molecule has 0 saturated heterocycles. The van der Waals surface area contributed by atoms with Gasteiger partial charge >= 0.3 is 0 Å². The van der Waals surface area contributed by atoms with Gasteiger partial charge in [0.1, 0.15) is 0 Å². The zero-order chi connectivity index (χ0) is 21.6. The van der Waals surface area contributed by atoms with Crippen LogP contribution in [0.4, 0.5) is 0 Å². The van der Waals surface area contributed by atoms with E-state index in [2.05, 4.69) is 48.4 Å². The lowest BCUT2D eigenvalue weighted by atomic mass is 9.45. The van der Waals surface area contributed by atoms with Crippen molar-refractivity contribution >= 4 is 11.6 Å². The lowest BCUT2D eigenvalue weighted by Crippen LogP contribution is -2.52. The summed E-state index contributed by atoms with van der Waals surface area (Å²) in [5.74, 6) is 3.79. The van der Waals surface area contributed by atoms with Gasteiger partial charge in [-0.1, -0.05) is 26.0 Å². The average molecular weight is 420 g/mol. The van der Waals surface area contributed by atoms with Crippen LogP contribution in [0.3, 0.4) is 0 Å². The molecule has 0 radical (unpaired) electrons. The Morgan fingerprint density at radius 3 is 2.61 bits per heavy atom. The summed E-state index contributed by atoms with van der Waals surface area (Å²) < 4.78 is 0. The molecule has 7 atom stereocenters. The van der Waals surface area contributed by atoms with Crippen LogP contribution in [0.2, 0.25) is 0 Å². The lowest BCUT2D eigenvalue weighted by molar-refractivity contribution is -0.0913. The maximum Gasteiger partial charge on any atom is 0.271 e. The minimum absolute atomic E-state index is 0.151. The van der Waals surface area contributed by atoms with E-state index in [9.17, 15) is 4.79 Å². The summed E-state index contributed by atoms with van der Waals surface area (Å²) in [6.45, 7) is 7.26. The van der Waals surface area contributed by atoms with Crippen LogP contribution in [0.25, 0.3) is 0 Å². The molecule has 4 heteroatoms. The van der Waals surface area contributed by atoms with Gasteiger partial charge in [0.15, 0.2) is 0 Å². The second-order valence-electron chi connectivity index (χ2n) is 11.2. The Hall–Kier alpha value is -1.97. The van der Waals surface area contributed by atoms with E-state index in [1.165, 1.54) is 51.4 Å². The molecule has 0 aromatic carbocycles. The number of nitrogens with zero attached hydrogens (tertiary/aromatic N) is 2. The zero-order valence-corrected chi connectivity index (χ0v) is 19.3. The number of carbonyl (C=O) groups excluding carboxylic acids is 1. The molecule has 4 aliphatic rings. The molecular formula is C27H37N3O. The van der Waals surface area contributed by atoms with Gasteiger partial charge in [-0.2, -0.15) is 5.10 Å². The largest absolute Gasteiger partial charge is 0.271 e. The molecule has 1 N–H and O–H groups in total. The first-order valence-corrected chi connectivity index (χ1v) is 12.3. The topological polar surface area (TPSA) is 54.4 Å². The van der Waals surface area contributed by atoms with Gasteiger partial charge in [-0.15, -0.1) is 0 Å². The predicted octanol–water partition coefficient (Wildman–Crippen LogP) is 6.01. The highest BCUT2D eigenvalue weighted by atomic mass is 16.2. The van der Waals surface area contributed by atoms with Crippen molar-refractivity contribution in [3.63, 3.8) is 0 Å². The number of rotatable bonds is 3. The van der Waals surface area contributed by atoms with E-state index >= 15 is 0 Å². The summed E-state index contributed by atoms with van der Waals surface area (Å²) in [7, 11) is 0. The zero-order valence-electron chi connectivity index (χ0n) is 19.3. The van der Waals surface area contributed by atoms with Gasteiger partial charge in [0.05, 0.1) is 0 Å². The molecule has 166 valence electrons. The number of hydrogen-bond donors (Lipinski definition) is 1. The van der Waals surface area contributed by atoms with Crippen molar-refractivity contribution in [2.75, 3.05) is 0 Å². The molecule has 31 heavy (non-hydrogen) atoms. The van der Waals surface area contributed by atoms with Gasteiger partial charge in [0.25, 0.3) is 5.91 Å². The number of carbonyl (C=O) groups is 1. The molecule has 4 nitrogen and oxygen atoms in total. The Bertz CT molecular complexity index is 893. The molecule has 4 aliphatic carbocycles. The Kier molecular flexibility index (Phi) is 5.30. The van der Waals surface area contributed by atoms with Crippen LogP contribution in [-0.2, 0) is 0 Å². The third-order valence-corrected chi connectivity index (χ3v) is 9.99. The summed E-state index contributed by atoms with van der Waals surface area (Å²) in [5.41, 5.74) is 5.35. The van der Waals surface area contributed by atoms with Crippen molar-refractivity contribution in [1.82, 2.24) is 10.4 Å². The quantitative estimate of drug-likeness (QED) is 0.370. The molecule has 1 heterocycles. The van der Waals surface area contributed by atoms with E-state index in [4.69, 9.17) is 0 Å². The van der Waals surface area contributed by atoms with E-state index in [0.29, 0.717) is 22.3 Å². The molecule has 5 rings (SSSR count). The third-order valence-electron chi connectivity index (χ3n) is 9.99. The van der Waals surface area contributed by atoms with Crippen LogP contribution < -0.4 is 5.43 Å². The van der Waals surface area contributed by atoms with Gasteiger partial charge in [-0.25, -0.2) is 5.43 Å². The Labute approximate surface area is 187 Å². The summed E-state index contributed by atoms with van der Waals surface area (Å²) in [6, 6.07) is 3.46. The Balaban J connectivity index is 1.32. The van der Waals surface area contributed by atoms with Crippen LogP contribution >= 0.6 is 0 Å². The second-order valence-corrected chi connectivity index (χ2v) is 11.2. The molecular weight excluding hydrogens is 382 g/mol. The van der Waals surface area contributed by atoms with Crippen molar-refractivity contribution in [3.05, 3.63) is 42.2 Å². The minimum atomic E-state index is -0.151. The maximum atomic E-state index is 12.4. The highest BCUT2D eigenvalue weighted by Gasteiger charge is 2.59. The van der Waals surface area contributed by atoms with Crippen LogP contribution in [-0.4, -0.2) is 16.6 Å². The summed E-state index contributed by atoms with van der Waals surface area (Å²) in [6.07, 6.45) is 18.8. The average Bonchev–Trinajstić information content (AvgIpc) is 3.14. The molecule has 0 bridgehead atoms. The van der Waals surface area contributed by atoms with E-state index < -0.39 is 0 Å². The number of pyridine rings is 1. The molecule has 1 aromatic heterocycles. The van der Waals surface area contributed by atoms with Crippen molar-refractivity contribution in [1.29, 1.82) is 0 Å².